The van der Waals surface area contributed by atoms with Crippen LogP contribution in [-0.4, -0.2) is 0 Å². The Morgan fingerprint density at radius 2 is 1.33 bits per heavy atom. The van der Waals surface area contributed by atoms with Gasteiger partial charge >= 0.3 is 0 Å². The van der Waals surface area contributed by atoms with Gasteiger partial charge in [-0.2, -0.15) is 5.90 Å². The number of rotatable bonds is 3. The Labute approximate surface area is 129 Å². The lowest BCUT2D eigenvalue weighted by atomic mass is 9.74. The van der Waals surface area contributed by atoms with E-state index in [9.17, 15) is 0 Å². The molecule has 0 heterocycles. The standard InChI is InChI=1S/C19H29NO/c1-14-12-13-17(21-20)19(16-10-6-3-7-11-16)18(14)15-8-4-2-5-9-15/h12-13,15-16H,2-11,20H2,1H3. The zero-order valence-electron chi connectivity index (χ0n) is 13.4. The van der Waals surface area contributed by atoms with Crippen molar-refractivity contribution >= 4 is 0 Å². The van der Waals surface area contributed by atoms with Crippen LogP contribution in [0.15, 0.2) is 12.1 Å². The number of aryl methyl sites for hydroxylation is 1. The summed E-state index contributed by atoms with van der Waals surface area (Å²) in [7, 11) is 0. The van der Waals surface area contributed by atoms with Gasteiger partial charge in [-0.3, -0.25) is 0 Å². The van der Waals surface area contributed by atoms with Crippen molar-refractivity contribution in [3.63, 3.8) is 0 Å². The van der Waals surface area contributed by atoms with Crippen molar-refractivity contribution in [2.24, 2.45) is 5.90 Å². The molecule has 2 fully saturated rings. The highest BCUT2D eigenvalue weighted by atomic mass is 16.6. The van der Waals surface area contributed by atoms with Crippen LogP contribution in [0.2, 0.25) is 0 Å². The molecule has 21 heavy (non-hydrogen) atoms. The van der Waals surface area contributed by atoms with Crippen LogP contribution in [0, 0.1) is 6.92 Å². The minimum Gasteiger partial charge on any atom is -0.411 e. The summed E-state index contributed by atoms with van der Waals surface area (Å²) in [6, 6.07) is 4.30. The van der Waals surface area contributed by atoms with Crippen LogP contribution in [0.1, 0.15) is 92.7 Å². The second-order valence-corrected chi connectivity index (χ2v) is 7.00. The highest BCUT2D eigenvalue weighted by molar-refractivity contribution is 5.49. The molecular formula is C19H29NO. The Morgan fingerprint density at radius 3 is 1.86 bits per heavy atom. The topological polar surface area (TPSA) is 35.2 Å². The second kappa shape index (κ2) is 6.83. The summed E-state index contributed by atoms with van der Waals surface area (Å²) in [5.41, 5.74) is 4.50. The third-order valence-corrected chi connectivity index (χ3v) is 5.62. The van der Waals surface area contributed by atoms with Gasteiger partial charge in [0.2, 0.25) is 0 Å². The van der Waals surface area contributed by atoms with E-state index >= 15 is 0 Å². The molecule has 0 atom stereocenters. The Kier molecular flexibility index (Phi) is 4.84. The third kappa shape index (κ3) is 3.11. The minimum absolute atomic E-state index is 0.661. The van der Waals surface area contributed by atoms with Crippen molar-refractivity contribution in [2.75, 3.05) is 0 Å². The van der Waals surface area contributed by atoms with Crippen molar-refractivity contribution in [3.05, 3.63) is 28.8 Å². The van der Waals surface area contributed by atoms with E-state index in [2.05, 4.69) is 19.1 Å². The van der Waals surface area contributed by atoms with E-state index in [1.807, 2.05) is 0 Å². The third-order valence-electron chi connectivity index (χ3n) is 5.62. The smallest absolute Gasteiger partial charge is 0.150 e. The molecule has 0 aliphatic heterocycles. The predicted octanol–water partition coefficient (Wildman–Crippen LogP) is 5.34. The molecule has 0 bridgehead atoms. The van der Waals surface area contributed by atoms with Crippen LogP contribution in [0.5, 0.6) is 5.75 Å². The number of nitrogens with two attached hydrogens (primary N) is 1. The molecule has 3 rings (SSSR count). The van der Waals surface area contributed by atoms with Crippen LogP contribution in [0.25, 0.3) is 0 Å². The lowest BCUT2D eigenvalue weighted by molar-refractivity contribution is 0.319. The molecule has 2 saturated carbocycles. The highest BCUT2D eigenvalue weighted by Gasteiger charge is 2.28. The van der Waals surface area contributed by atoms with Crippen molar-refractivity contribution < 1.29 is 4.84 Å². The van der Waals surface area contributed by atoms with Crippen LogP contribution in [-0.2, 0) is 0 Å². The van der Waals surface area contributed by atoms with Gasteiger partial charge in [-0.1, -0.05) is 44.6 Å². The quantitative estimate of drug-likeness (QED) is 0.761. The average Bonchev–Trinajstić information content (AvgIpc) is 2.56. The Hall–Kier alpha value is -1.02. The Morgan fingerprint density at radius 1 is 0.810 bits per heavy atom. The van der Waals surface area contributed by atoms with Gasteiger partial charge in [0.1, 0.15) is 0 Å². The largest absolute Gasteiger partial charge is 0.411 e. The second-order valence-electron chi connectivity index (χ2n) is 7.00. The van der Waals surface area contributed by atoms with Crippen LogP contribution in [0.3, 0.4) is 0 Å². The van der Waals surface area contributed by atoms with Crippen molar-refractivity contribution in [1.82, 2.24) is 0 Å². The minimum atomic E-state index is 0.661. The maximum absolute atomic E-state index is 5.61. The molecule has 2 N–H and O–H groups in total. The maximum Gasteiger partial charge on any atom is 0.150 e. The van der Waals surface area contributed by atoms with E-state index in [1.165, 1.54) is 75.3 Å². The molecule has 0 spiro atoms. The summed E-state index contributed by atoms with van der Waals surface area (Å²) in [5.74, 6) is 7.93. The summed E-state index contributed by atoms with van der Waals surface area (Å²) >= 11 is 0. The van der Waals surface area contributed by atoms with Gasteiger partial charge < -0.3 is 4.84 Å². The van der Waals surface area contributed by atoms with Gasteiger partial charge in [0.15, 0.2) is 5.75 Å². The molecule has 2 aliphatic carbocycles. The fourth-order valence-corrected chi connectivity index (χ4v) is 4.57. The lowest BCUT2D eigenvalue weighted by Crippen LogP contribution is -2.16. The molecule has 0 saturated heterocycles. The monoisotopic (exact) mass is 287 g/mol. The summed E-state index contributed by atoms with van der Waals surface area (Å²) in [5, 5.41) is 0. The molecule has 2 heteroatoms. The van der Waals surface area contributed by atoms with Gasteiger partial charge in [-0.25, -0.2) is 0 Å². The van der Waals surface area contributed by atoms with E-state index in [1.54, 1.807) is 5.56 Å². The zero-order chi connectivity index (χ0) is 14.7. The molecule has 2 nitrogen and oxygen atoms in total. The Balaban J connectivity index is 2.02. The summed E-state index contributed by atoms with van der Waals surface area (Å²) in [6.07, 6.45) is 13.5. The van der Waals surface area contributed by atoms with Crippen molar-refractivity contribution in [1.29, 1.82) is 0 Å². The SMILES string of the molecule is Cc1ccc(ON)c(C2CCCCC2)c1C1CCCCC1. The maximum atomic E-state index is 5.61. The fraction of sp³-hybridized carbons (Fsp3) is 0.684. The number of hydrogen-bond acceptors (Lipinski definition) is 2. The van der Waals surface area contributed by atoms with Crippen LogP contribution >= 0.6 is 0 Å². The van der Waals surface area contributed by atoms with Crippen molar-refractivity contribution in [3.8, 4) is 5.75 Å². The van der Waals surface area contributed by atoms with Crippen LogP contribution < -0.4 is 10.7 Å². The molecule has 0 aromatic heterocycles. The molecule has 1 aromatic rings. The average molecular weight is 287 g/mol. The predicted molar refractivity (Wildman–Crippen MR) is 87.6 cm³/mol. The molecule has 0 amide bonds. The first-order valence-corrected chi connectivity index (χ1v) is 8.81. The lowest BCUT2D eigenvalue weighted by Gasteiger charge is -2.32. The van der Waals surface area contributed by atoms with Gasteiger partial charge in [0, 0.05) is 5.56 Å². The van der Waals surface area contributed by atoms with Gasteiger partial charge in [-0.15, -0.1) is 0 Å². The normalized spacial score (nSPS) is 21.4. The van der Waals surface area contributed by atoms with Gasteiger partial charge in [-0.05, 0) is 61.6 Å². The van der Waals surface area contributed by atoms with Gasteiger partial charge in [0.05, 0.1) is 0 Å². The summed E-state index contributed by atoms with van der Waals surface area (Å²) < 4.78 is 0. The first-order chi connectivity index (χ1) is 10.3. The van der Waals surface area contributed by atoms with Gasteiger partial charge in [0.25, 0.3) is 0 Å². The Bertz CT molecular complexity index is 471. The van der Waals surface area contributed by atoms with Crippen LogP contribution in [0.4, 0.5) is 0 Å². The zero-order valence-corrected chi connectivity index (χ0v) is 13.4. The summed E-state index contributed by atoms with van der Waals surface area (Å²) in [6.45, 7) is 2.27. The van der Waals surface area contributed by atoms with E-state index in [0.29, 0.717) is 5.92 Å². The molecule has 0 radical (unpaired) electrons. The van der Waals surface area contributed by atoms with E-state index in [-0.39, 0.29) is 0 Å². The molecule has 116 valence electrons. The van der Waals surface area contributed by atoms with E-state index in [4.69, 9.17) is 10.7 Å². The molecule has 0 unspecified atom stereocenters. The first-order valence-electron chi connectivity index (χ1n) is 8.81. The molecule has 1 aromatic carbocycles. The fourth-order valence-electron chi connectivity index (χ4n) is 4.57. The first kappa shape index (κ1) is 14.9. The molecule has 2 aliphatic rings. The van der Waals surface area contributed by atoms with Crippen molar-refractivity contribution in [2.45, 2.75) is 83.0 Å². The number of benzene rings is 1. The molecular weight excluding hydrogens is 258 g/mol. The highest BCUT2D eigenvalue weighted by Crippen LogP contribution is 2.45. The summed E-state index contributed by atoms with van der Waals surface area (Å²) in [4.78, 5) is 5.29. The van der Waals surface area contributed by atoms with E-state index in [0.717, 1.165) is 11.7 Å². The van der Waals surface area contributed by atoms with E-state index < -0.39 is 0 Å². The number of hydrogen-bond donors (Lipinski definition) is 1.